The van der Waals surface area contributed by atoms with Gasteiger partial charge in [-0.2, -0.15) is 0 Å². The molecule has 0 saturated heterocycles. The average Bonchev–Trinajstić information content (AvgIpc) is 2.70. The molecule has 0 N–H and O–H groups in total. The molecule has 0 bridgehead atoms. The summed E-state index contributed by atoms with van der Waals surface area (Å²) in [5.41, 5.74) is 3.76. The summed E-state index contributed by atoms with van der Waals surface area (Å²) in [5.74, 6) is 0.204. The number of hydrogen-bond acceptors (Lipinski definition) is 5. The molecule has 3 rings (SSSR count). The molecule has 0 aliphatic rings. The molecule has 3 aromatic rings. The zero-order chi connectivity index (χ0) is 19.7. The van der Waals surface area contributed by atoms with Gasteiger partial charge in [-0.05, 0) is 17.2 Å². The summed E-state index contributed by atoms with van der Waals surface area (Å²) in [5, 5.41) is 0. The highest BCUT2D eigenvalue weighted by Gasteiger charge is 2.19. The van der Waals surface area contributed by atoms with Gasteiger partial charge >= 0.3 is 0 Å². The normalized spacial score (nSPS) is 10.8. The fourth-order valence-corrected chi connectivity index (χ4v) is 2.62. The van der Waals surface area contributed by atoms with Gasteiger partial charge in [-0.3, -0.25) is 9.02 Å². The minimum atomic E-state index is -4.41. The van der Waals surface area contributed by atoms with Crippen LogP contribution in [0.5, 0.6) is 0 Å². The Morgan fingerprint density at radius 1 is 0.815 bits per heavy atom. The maximum atomic E-state index is 9.22. The molecule has 0 radical (unpaired) electrons. The zero-order valence-electron chi connectivity index (χ0n) is 15.1. The Bertz CT molecular complexity index is 891. The molecular weight excluding hydrogens is 366 g/mol. The molecule has 27 heavy (non-hydrogen) atoms. The van der Waals surface area contributed by atoms with E-state index in [0.29, 0.717) is 0 Å². The van der Waals surface area contributed by atoms with Crippen LogP contribution in [-0.4, -0.2) is 27.2 Å². The van der Waals surface area contributed by atoms with E-state index < -0.39 is 10.4 Å². The van der Waals surface area contributed by atoms with E-state index in [2.05, 4.69) is 58.8 Å². The van der Waals surface area contributed by atoms with Gasteiger partial charge in [0, 0.05) is 22.3 Å². The second-order valence-electron chi connectivity index (χ2n) is 5.51. The maximum Gasteiger partial charge on any atom is 0.226 e. The van der Waals surface area contributed by atoms with Crippen LogP contribution in [0.2, 0.25) is 0 Å². The van der Waals surface area contributed by atoms with Crippen LogP contribution in [0, 0.1) is 0 Å². The number of pyridine rings is 1. The van der Waals surface area contributed by atoms with E-state index >= 15 is 0 Å². The first-order valence-corrected chi connectivity index (χ1v) is 9.45. The molecule has 0 fully saturated rings. The maximum absolute atomic E-state index is 9.22. The Labute approximate surface area is 159 Å². The van der Waals surface area contributed by atoms with Crippen LogP contribution in [-0.2, 0) is 14.6 Å². The molecule has 2 aromatic carbocycles. The molecule has 0 amide bonds. The van der Waals surface area contributed by atoms with Gasteiger partial charge < -0.3 is 4.55 Å². The standard InChI is InChI=1S/C19H18NO.CH4O4S/c1-21-20-14-8-13-18(15-20)19(16-9-4-2-5-10-16)17-11-6-3-7-12-17;1-5-6(2,3)4/h2-15,19H,1H3;1H3,(H,2,3,4)/q+1;/p-1. The number of benzene rings is 2. The molecule has 7 heteroatoms. The third-order valence-electron chi connectivity index (χ3n) is 3.81. The van der Waals surface area contributed by atoms with Crippen LogP contribution >= 0.6 is 0 Å². The quantitative estimate of drug-likeness (QED) is 0.381. The Morgan fingerprint density at radius 2 is 1.26 bits per heavy atom. The summed E-state index contributed by atoms with van der Waals surface area (Å²) in [6, 6.07) is 25.2. The number of hydrogen-bond donors (Lipinski definition) is 0. The van der Waals surface area contributed by atoms with Crippen LogP contribution in [0.4, 0.5) is 0 Å². The van der Waals surface area contributed by atoms with Crippen molar-refractivity contribution < 1.29 is 26.7 Å². The van der Waals surface area contributed by atoms with Gasteiger partial charge in [-0.1, -0.05) is 60.7 Å². The van der Waals surface area contributed by atoms with Gasteiger partial charge in [-0.15, -0.1) is 0 Å². The minimum absolute atomic E-state index is 0.204. The molecule has 0 aliphatic heterocycles. The lowest BCUT2D eigenvalue weighted by atomic mass is 9.86. The monoisotopic (exact) mass is 387 g/mol. The van der Waals surface area contributed by atoms with Crippen molar-refractivity contribution in [2.24, 2.45) is 0 Å². The second kappa shape index (κ2) is 9.82. The van der Waals surface area contributed by atoms with E-state index in [1.165, 1.54) is 16.7 Å². The lowest BCUT2D eigenvalue weighted by Gasteiger charge is -2.17. The molecule has 1 aromatic heterocycles. The summed E-state index contributed by atoms with van der Waals surface area (Å²) in [6.07, 6.45) is 3.93. The third kappa shape index (κ3) is 6.49. The molecule has 0 atom stereocenters. The highest BCUT2D eigenvalue weighted by molar-refractivity contribution is 7.80. The predicted octanol–water partition coefficient (Wildman–Crippen LogP) is 2.31. The van der Waals surface area contributed by atoms with E-state index in [1.807, 2.05) is 30.6 Å². The lowest BCUT2D eigenvalue weighted by molar-refractivity contribution is -0.885. The Morgan fingerprint density at radius 3 is 1.67 bits per heavy atom. The lowest BCUT2D eigenvalue weighted by Crippen LogP contribution is -2.40. The molecular formula is C20H21NO5S. The van der Waals surface area contributed by atoms with Crippen LogP contribution < -0.4 is 9.57 Å². The fourth-order valence-electron chi connectivity index (χ4n) is 2.62. The van der Waals surface area contributed by atoms with Crippen molar-refractivity contribution in [1.29, 1.82) is 0 Å². The van der Waals surface area contributed by atoms with E-state index in [1.54, 1.807) is 11.8 Å². The Hall–Kier alpha value is -2.74. The van der Waals surface area contributed by atoms with Crippen molar-refractivity contribution in [2.45, 2.75) is 5.92 Å². The van der Waals surface area contributed by atoms with Gasteiger partial charge in [-0.25, -0.2) is 8.42 Å². The minimum Gasteiger partial charge on any atom is -0.726 e. The summed E-state index contributed by atoms with van der Waals surface area (Å²) < 4.78 is 32.8. The van der Waals surface area contributed by atoms with Crippen LogP contribution in [0.3, 0.4) is 0 Å². The van der Waals surface area contributed by atoms with Crippen LogP contribution in [0.1, 0.15) is 22.6 Å². The number of nitrogens with zero attached hydrogens (tertiary/aromatic N) is 1. The predicted molar refractivity (Wildman–Crippen MR) is 99.7 cm³/mol. The topological polar surface area (TPSA) is 79.5 Å². The van der Waals surface area contributed by atoms with Crippen molar-refractivity contribution in [3.05, 3.63) is 102 Å². The van der Waals surface area contributed by atoms with Gasteiger partial charge in [0.25, 0.3) is 0 Å². The Balaban J connectivity index is 0.000000380. The third-order valence-corrected chi connectivity index (χ3v) is 4.22. The fraction of sp³-hybridized carbons (Fsp3) is 0.150. The highest BCUT2D eigenvalue weighted by Crippen LogP contribution is 2.30. The highest BCUT2D eigenvalue weighted by atomic mass is 32.3. The first-order valence-electron chi connectivity index (χ1n) is 8.11. The van der Waals surface area contributed by atoms with Gasteiger partial charge in [0.1, 0.15) is 7.11 Å². The summed E-state index contributed by atoms with van der Waals surface area (Å²) in [6.45, 7) is 0. The van der Waals surface area contributed by atoms with Crippen molar-refractivity contribution in [1.82, 2.24) is 0 Å². The van der Waals surface area contributed by atoms with E-state index in [4.69, 9.17) is 4.84 Å². The van der Waals surface area contributed by atoms with Gasteiger partial charge in [0.05, 0.1) is 7.11 Å². The van der Waals surface area contributed by atoms with E-state index in [9.17, 15) is 13.0 Å². The number of aromatic nitrogens is 1. The van der Waals surface area contributed by atoms with E-state index in [0.717, 1.165) is 7.11 Å². The van der Waals surface area contributed by atoms with Crippen LogP contribution in [0.25, 0.3) is 0 Å². The molecule has 0 unspecified atom stereocenters. The largest absolute Gasteiger partial charge is 0.726 e. The molecule has 0 spiro atoms. The van der Waals surface area contributed by atoms with Crippen molar-refractivity contribution >= 4 is 10.4 Å². The van der Waals surface area contributed by atoms with Gasteiger partial charge in [0.2, 0.25) is 22.8 Å². The SMILES string of the molecule is COS(=O)(=O)[O-].CO[n+]1cccc(C(c2ccccc2)c2ccccc2)c1. The first-order chi connectivity index (χ1) is 12.9. The van der Waals surface area contributed by atoms with Gasteiger partial charge in [0.15, 0.2) is 0 Å². The van der Waals surface area contributed by atoms with E-state index in [-0.39, 0.29) is 5.92 Å². The molecule has 0 aliphatic carbocycles. The van der Waals surface area contributed by atoms with Crippen LogP contribution in [0.15, 0.2) is 85.2 Å². The summed E-state index contributed by atoms with van der Waals surface area (Å²) >= 11 is 0. The van der Waals surface area contributed by atoms with Crippen molar-refractivity contribution in [2.75, 3.05) is 14.2 Å². The van der Waals surface area contributed by atoms with Crippen molar-refractivity contribution in [3.8, 4) is 0 Å². The molecule has 142 valence electrons. The second-order valence-corrected chi connectivity index (χ2v) is 6.66. The Kier molecular flexibility index (Phi) is 7.48. The molecule has 0 saturated carbocycles. The average molecular weight is 387 g/mol. The smallest absolute Gasteiger partial charge is 0.226 e. The first kappa shape index (κ1) is 20.6. The summed E-state index contributed by atoms with van der Waals surface area (Å²) in [4.78, 5) is 5.29. The molecule has 1 heterocycles. The number of rotatable bonds is 5. The zero-order valence-corrected chi connectivity index (χ0v) is 15.9. The molecule has 6 nitrogen and oxygen atoms in total. The van der Waals surface area contributed by atoms with Crippen molar-refractivity contribution in [3.63, 3.8) is 0 Å². The summed E-state index contributed by atoms with van der Waals surface area (Å²) in [7, 11) is -1.93.